The summed E-state index contributed by atoms with van der Waals surface area (Å²) in [6.45, 7) is 4.02. The van der Waals surface area contributed by atoms with Crippen LogP contribution in [0.15, 0.2) is 41.0 Å². The number of Topliss-reactive ketones (excluding diaryl/α,β-unsaturated/α-hetero) is 1. The lowest BCUT2D eigenvalue weighted by Crippen LogP contribution is -2.01. The highest BCUT2D eigenvalue weighted by Gasteiger charge is 2.08. The third kappa shape index (κ3) is 3.06. The lowest BCUT2D eigenvalue weighted by atomic mass is 10.0. The van der Waals surface area contributed by atoms with E-state index in [1.165, 1.54) is 0 Å². The van der Waals surface area contributed by atoms with Crippen molar-refractivity contribution in [1.82, 2.24) is 0 Å². The Balaban J connectivity index is 2.04. The molecule has 2 heteroatoms. The van der Waals surface area contributed by atoms with Gasteiger partial charge in [0, 0.05) is 18.4 Å². The molecule has 1 aromatic heterocycles. The number of ketones is 1. The van der Waals surface area contributed by atoms with Gasteiger partial charge in [-0.15, -0.1) is 0 Å². The molecule has 0 bridgehead atoms. The van der Waals surface area contributed by atoms with Crippen LogP contribution >= 0.6 is 0 Å². The van der Waals surface area contributed by atoms with Gasteiger partial charge in [0.1, 0.15) is 5.76 Å². The summed E-state index contributed by atoms with van der Waals surface area (Å²) in [6.07, 6.45) is 2.80. The number of carbonyl (C=O) groups is 1. The topological polar surface area (TPSA) is 30.2 Å². The van der Waals surface area contributed by atoms with Gasteiger partial charge in [0.25, 0.3) is 0 Å². The van der Waals surface area contributed by atoms with E-state index in [4.69, 9.17) is 4.42 Å². The maximum Gasteiger partial charge on any atom is 0.163 e. The average molecular weight is 228 g/mol. The maximum absolute atomic E-state index is 12.0. The predicted molar refractivity (Wildman–Crippen MR) is 67.3 cm³/mol. The van der Waals surface area contributed by atoms with Crippen LogP contribution < -0.4 is 0 Å². The number of aryl methyl sites for hydroxylation is 3. The summed E-state index contributed by atoms with van der Waals surface area (Å²) in [5.41, 5.74) is 3.06. The van der Waals surface area contributed by atoms with E-state index in [1.807, 2.05) is 38.1 Å². The van der Waals surface area contributed by atoms with Crippen molar-refractivity contribution < 1.29 is 9.21 Å². The molecule has 0 saturated carbocycles. The molecule has 0 spiro atoms. The van der Waals surface area contributed by atoms with Crippen molar-refractivity contribution in [2.45, 2.75) is 26.7 Å². The fraction of sp³-hybridized carbons (Fsp3) is 0.267. The smallest absolute Gasteiger partial charge is 0.163 e. The minimum atomic E-state index is 0.174. The Kier molecular flexibility index (Phi) is 3.43. The van der Waals surface area contributed by atoms with Crippen LogP contribution in [0.4, 0.5) is 0 Å². The largest absolute Gasteiger partial charge is 0.469 e. The van der Waals surface area contributed by atoms with Crippen molar-refractivity contribution in [2.75, 3.05) is 0 Å². The van der Waals surface area contributed by atoms with Gasteiger partial charge in [-0.1, -0.05) is 17.2 Å². The van der Waals surface area contributed by atoms with Gasteiger partial charge in [0.05, 0.1) is 6.26 Å². The second-order valence-corrected chi connectivity index (χ2v) is 4.38. The molecule has 0 saturated heterocycles. The molecule has 0 aliphatic carbocycles. The quantitative estimate of drug-likeness (QED) is 0.747. The number of hydrogen-bond donors (Lipinski definition) is 0. The number of benzene rings is 1. The van der Waals surface area contributed by atoms with Crippen LogP contribution in [-0.4, -0.2) is 5.78 Å². The molecule has 17 heavy (non-hydrogen) atoms. The second kappa shape index (κ2) is 5.00. The van der Waals surface area contributed by atoms with Crippen LogP contribution in [0.1, 0.15) is 33.7 Å². The Labute approximate surface area is 101 Å². The third-order valence-corrected chi connectivity index (χ3v) is 2.72. The van der Waals surface area contributed by atoms with E-state index in [1.54, 1.807) is 6.26 Å². The summed E-state index contributed by atoms with van der Waals surface area (Å²) in [5.74, 6) is 1.04. The van der Waals surface area contributed by atoms with Gasteiger partial charge >= 0.3 is 0 Å². The Hall–Kier alpha value is -1.83. The fourth-order valence-electron chi connectivity index (χ4n) is 1.97. The van der Waals surface area contributed by atoms with Crippen LogP contribution in [0.5, 0.6) is 0 Å². The van der Waals surface area contributed by atoms with E-state index in [0.717, 1.165) is 22.5 Å². The zero-order chi connectivity index (χ0) is 12.3. The molecule has 2 nitrogen and oxygen atoms in total. The van der Waals surface area contributed by atoms with Crippen LogP contribution in [0, 0.1) is 13.8 Å². The predicted octanol–water partition coefficient (Wildman–Crippen LogP) is 3.71. The monoisotopic (exact) mass is 228 g/mol. The minimum absolute atomic E-state index is 0.174. The highest BCUT2D eigenvalue weighted by molar-refractivity contribution is 5.96. The Morgan fingerprint density at radius 2 is 1.88 bits per heavy atom. The first-order valence-corrected chi connectivity index (χ1v) is 5.79. The summed E-state index contributed by atoms with van der Waals surface area (Å²) in [5, 5.41) is 0. The zero-order valence-electron chi connectivity index (χ0n) is 10.2. The number of furan rings is 1. The first-order valence-electron chi connectivity index (χ1n) is 5.79. The molecule has 0 radical (unpaired) electrons. The van der Waals surface area contributed by atoms with E-state index in [-0.39, 0.29) is 5.78 Å². The van der Waals surface area contributed by atoms with E-state index in [2.05, 4.69) is 6.07 Å². The second-order valence-electron chi connectivity index (χ2n) is 4.38. The molecule has 0 N–H and O–H groups in total. The Morgan fingerprint density at radius 3 is 2.47 bits per heavy atom. The van der Waals surface area contributed by atoms with Crippen molar-refractivity contribution >= 4 is 5.78 Å². The summed E-state index contributed by atoms with van der Waals surface area (Å²) >= 11 is 0. The average Bonchev–Trinajstić information content (AvgIpc) is 2.77. The molecule has 1 heterocycles. The lowest BCUT2D eigenvalue weighted by Gasteiger charge is -2.03. The highest BCUT2D eigenvalue weighted by atomic mass is 16.3. The third-order valence-electron chi connectivity index (χ3n) is 2.72. The lowest BCUT2D eigenvalue weighted by molar-refractivity contribution is 0.0980. The van der Waals surface area contributed by atoms with E-state index >= 15 is 0 Å². The van der Waals surface area contributed by atoms with Crippen molar-refractivity contribution in [3.05, 3.63) is 59.0 Å². The van der Waals surface area contributed by atoms with Crippen LogP contribution in [-0.2, 0) is 6.42 Å². The van der Waals surface area contributed by atoms with Crippen molar-refractivity contribution in [1.29, 1.82) is 0 Å². The van der Waals surface area contributed by atoms with Crippen LogP contribution in [0.2, 0.25) is 0 Å². The van der Waals surface area contributed by atoms with Gasteiger partial charge in [-0.25, -0.2) is 0 Å². The summed E-state index contributed by atoms with van der Waals surface area (Å²) < 4.78 is 5.21. The molecule has 0 amide bonds. The number of carbonyl (C=O) groups excluding carboxylic acids is 1. The molecule has 1 aromatic carbocycles. The van der Waals surface area contributed by atoms with Gasteiger partial charge < -0.3 is 4.42 Å². The van der Waals surface area contributed by atoms with E-state index in [9.17, 15) is 4.79 Å². The SMILES string of the molecule is Cc1cc(C)cc(C(=O)CCc2ccco2)c1. The summed E-state index contributed by atoms with van der Waals surface area (Å²) in [6, 6.07) is 9.70. The van der Waals surface area contributed by atoms with Crippen molar-refractivity contribution in [3.63, 3.8) is 0 Å². The van der Waals surface area contributed by atoms with Crippen LogP contribution in [0.3, 0.4) is 0 Å². The number of rotatable bonds is 4. The molecule has 0 unspecified atom stereocenters. The van der Waals surface area contributed by atoms with Crippen LogP contribution in [0.25, 0.3) is 0 Å². The molecule has 0 atom stereocenters. The molecule has 0 fully saturated rings. The van der Waals surface area contributed by atoms with Gasteiger partial charge in [-0.05, 0) is 38.1 Å². The van der Waals surface area contributed by atoms with E-state index in [0.29, 0.717) is 12.8 Å². The molecular formula is C15H16O2. The minimum Gasteiger partial charge on any atom is -0.469 e. The van der Waals surface area contributed by atoms with Gasteiger partial charge in [0.2, 0.25) is 0 Å². The molecular weight excluding hydrogens is 212 g/mol. The van der Waals surface area contributed by atoms with Gasteiger partial charge in [-0.2, -0.15) is 0 Å². The molecule has 88 valence electrons. The first kappa shape index (κ1) is 11.6. The normalized spacial score (nSPS) is 10.5. The molecule has 0 aliphatic rings. The van der Waals surface area contributed by atoms with Gasteiger partial charge in [-0.3, -0.25) is 4.79 Å². The fourth-order valence-corrected chi connectivity index (χ4v) is 1.97. The van der Waals surface area contributed by atoms with Gasteiger partial charge in [0.15, 0.2) is 5.78 Å². The highest BCUT2D eigenvalue weighted by Crippen LogP contribution is 2.13. The summed E-state index contributed by atoms with van der Waals surface area (Å²) in [4.78, 5) is 12.0. The summed E-state index contributed by atoms with van der Waals surface area (Å²) in [7, 11) is 0. The Morgan fingerprint density at radius 1 is 1.18 bits per heavy atom. The molecule has 0 aliphatic heterocycles. The van der Waals surface area contributed by atoms with Crippen molar-refractivity contribution in [3.8, 4) is 0 Å². The number of hydrogen-bond acceptors (Lipinski definition) is 2. The standard InChI is InChI=1S/C15H16O2/c1-11-8-12(2)10-13(9-11)15(16)6-5-14-4-3-7-17-14/h3-4,7-10H,5-6H2,1-2H3. The zero-order valence-corrected chi connectivity index (χ0v) is 10.2. The maximum atomic E-state index is 12.0. The molecule has 2 aromatic rings. The van der Waals surface area contributed by atoms with E-state index < -0.39 is 0 Å². The first-order chi connectivity index (χ1) is 8.15. The Bertz CT molecular complexity index is 489. The molecule has 2 rings (SSSR count). The van der Waals surface area contributed by atoms with Crippen molar-refractivity contribution in [2.24, 2.45) is 0 Å².